The minimum Gasteiger partial charge on any atom is -0.481 e. The lowest BCUT2D eigenvalue weighted by Gasteiger charge is -2.30. The second-order valence-electron chi connectivity index (χ2n) is 12.3. The van der Waals surface area contributed by atoms with E-state index >= 15 is 0 Å². The number of alkyl halides is 3. The van der Waals surface area contributed by atoms with E-state index in [1.54, 1.807) is 13.8 Å². The van der Waals surface area contributed by atoms with Gasteiger partial charge in [0.1, 0.15) is 0 Å². The first-order valence-electron chi connectivity index (χ1n) is 12.9. The highest BCUT2D eigenvalue weighted by molar-refractivity contribution is 7.18. The number of nitrogens with zero attached hydrogens (tertiary/aromatic N) is 3. The van der Waals surface area contributed by atoms with Gasteiger partial charge in [0.2, 0.25) is 5.89 Å². The fourth-order valence-corrected chi connectivity index (χ4v) is 5.28. The van der Waals surface area contributed by atoms with Gasteiger partial charge in [0.25, 0.3) is 5.89 Å². The number of benzene rings is 1. The Morgan fingerprint density at radius 3 is 2.23 bits per heavy atom. The fourth-order valence-electron chi connectivity index (χ4n) is 4.28. The largest absolute Gasteiger partial charge is 0.481 e. The SMILES string of the molecule is CC(C)(Cc1nnc(-c2nc(CC3CCC3)c(-c3cc(C(C)(C)C)cc(C(C)(O)C(F)(F)F)c3)s2)o1)C(=O)O. The van der Waals surface area contributed by atoms with Crippen molar-refractivity contribution in [2.75, 3.05) is 0 Å². The van der Waals surface area contributed by atoms with Crippen LogP contribution in [-0.4, -0.2) is 37.5 Å². The Kier molecular flexibility index (Phi) is 7.48. The molecule has 0 saturated heterocycles. The van der Waals surface area contributed by atoms with Crippen LogP contribution in [0.3, 0.4) is 0 Å². The minimum atomic E-state index is -4.86. The third-order valence-corrected chi connectivity index (χ3v) is 8.54. The van der Waals surface area contributed by atoms with Gasteiger partial charge in [0.05, 0.1) is 16.0 Å². The van der Waals surface area contributed by atoms with E-state index in [0.717, 1.165) is 31.9 Å². The number of thiazole rings is 1. The quantitative estimate of drug-likeness (QED) is 0.305. The van der Waals surface area contributed by atoms with Crippen LogP contribution in [-0.2, 0) is 28.7 Å². The molecular weight excluding hydrogens is 531 g/mol. The number of halogens is 3. The fraction of sp³-hybridized carbons (Fsp3) is 0.571. The van der Waals surface area contributed by atoms with E-state index in [0.29, 0.717) is 33.4 Å². The normalized spacial score (nSPS) is 16.7. The number of aliphatic carboxylic acids is 1. The molecule has 4 rings (SSSR count). The van der Waals surface area contributed by atoms with Crippen LogP contribution in [0.2, 0.25) is 0 Å². The van der Waals surface area contributed by atoms with E-state index in [-0.39, 0.29) is 23.8 Å². The standard InChI is InChI=1S/C28H34F3N3O4S/c1-25(2,3)17-11-16(12-18(13-17)27(6,37)28(29,30)31)21-19(10-15-8-7-9-15)32-23(39-21)22-34-33-20(38-22)14-26(4,5)24(35)36/h11-13,15,37H,7-10,14H2,1-6H3,(H,35,36). The Morgan fingerprint density at radius 2 is 1.69 bits per heavy atom. The minimum absolute atomic E-state index is 0.0337. The number of rotatable bonds is 8. The van der Waals surface area contributed by atoms with Crippen molar-refractivity contribution in [1.29, 1.82) is 0 Å². The summed E-state index contributed by atoms with van der Waals surface area (Å²) >= 11 is 1.24. The van der Waals surface area contributed by atoms with Gasteiger partial charge in [0, 0.05) is 6.42 Å². The summed E-state index contributed by atoms with van der Waals surface area (Å²) in [4.78, 5) is 17.0. The van der Waals surface area contributed by atoms with E-state index < -0.39 is 28.6 Å². The number of carboxylic acids is 1. The Labute approximate surface area is 229 Å². The van der Waals surface area contributed by atoms with E-state index in [4.69, 9.17) is 9.40 Å². The van der Waals surface area contributed by atoms with Crippen LogP contribution in [0.4, 0.5) is 13.2 Å². The lowest BCUT2D eigenvalue weighted by molar-refractivity contribution is -0.258. The average molecular weight is 566 g/mol. The zero-order valence-electron chi connectivity index (χ0n) is 22.9. The van der Waals surface area contributed by atoms with Gasteiger partial charge in [-0.15, -0.1) is 21.5 Å². The molecule has 1 aromatic carbocycles. The number of hydrogen-bond donors (Lipinski definition) is 2. The van der Waals surface area contributed by atoms with Gasteiger partial charge in [0.15, 0.2) is 10.6 Å². The van der Waals surface area contributed by atoms with Gasteiger partial charge in [-0.05, 0) is 67.3 Å². The van der Waals surface area contributed by atoms with E-state index in [9.17, 15) is 28.2 Å². The Hall–Kier alpha value is -2.79. The summed E-state index contributed by atoms with van der Waals surface area (Å²) in [6.07, 6.45) is -0.940. The van der Waals surface area contributed by atoms with Crippen molar-refractivity contribution in [3.05, 3.63) is 40.9 Å². The highest BCUT2D eigenvalue weighted by Crippen LogP contribution is 2.44. The number of carbonyl (C=O) groups is 1. The predicted molar refractivity (Wildman–Crippen MR) is 141 cm³/mol. The topological polar surface area (TPSA) is 109 Å². The molecule has 1 atom stereocenters. The molecule has 1 aliphatic rings. The second-order valence-corrected chi connectivity index (χ2v) is 13.3. The van der Waals surface area contributed by atoms with Crippen molar-refractivity contribution in [2.45, 2.75) is 90.8 Å². The van der Waals surface area contributed by atoms with Crippen LogP contribution >= 0.6 is 11.3 Å². The molecule has 0 bridgehead atoms. The van der Waals surface area contributed by atoms with Gasteiger partial charge < -0.3 is 14.6 Å². The summed E-state index contributed by atoms with van der Waals surface area (Å²) in [5.41, 5.74) is -2.94. The van der Waals surface area contributed by atoms with Gasteiger partial charge in [-0.25, -0.2) is 4.98 Å². The summed E-state index contributed by atoms with van der Waals surface area (Å²) in [6.45, 7) is 9.61. The smallest absolute Gasteiger partial charge is 0.421 e. The van der Waals surface area contributed by atoms with Gasteiger partial charge >= 0.3 is 12.1 Å². The lowest BCUT2D eigenvalue weighted by Crippen LogP contribution is -2.39. The van der Waals surface area contributed by atoms with Crippen LogP contribution in [0.1, 0.15) is 83.5 Å². The molecule has 2 aromatic heterocycles. The number of carboxylic acid groups (broad SMARTS) is 1. The third kappa shape index (κ3) is 6.04. The van der Waals surface area contributed by atoms with Crippen LogP contribution in [0.25, 0.3) is 21.3 Å². The van der Waals surface area contributed by atoms with Crippen LogP contribution in [0.15, 0.2) is 22.6 Å². The Balaban J connectivity index is 1.82. The van der Waals surface area contributed by atoms with E-state index in [1.807, 2.05) is 26.8 Å². The molecule has 3 aromatic rings. The zero-order chi connectivity index (χ0) is 29.0. The summed E-state index contributed by atoms with van der Waals surface area (Å²) in [7, 11) is 0. The Morgan fingerprint density at radius 1 is 1.05 bits per heavy atom. The molecule has 2 N–H and O–H groups in total. The van der Waals surface area contributed by atoms with Crippen molar-refractivity contribution >= 4 is 17.3 Å². The average Bonchev–Trinajstić information content (AvgIpc) is 3.41. The molecular formula is C28H34F3N3O4S. The molecule has 2 heterocycles. The van der Waals surface area contributed by atoms with Gasteiger partial charge in [-0.1, -0.05) is 46.1 Å². The number of aliphatic hydroxyl groups is 1. The molecule has 1 fully saturated rings. The van der Waals surface area contributed by atoms with Crippen LogP contribution in [0, 0.1) is 11.3 Å². The first-order chi connectivity index (χ1) is 17.9. The molecule has 1 unspecified atom stereocenters. The first kappa shape index (κ1) is 29.2. The third-order valence-electron chi connectivity index (χ3n) is 7.40. The summed E-state index contributed by atoms with van der Waals surface area (Å²) in [5.74, 6) is -0.276. The van der Waals surface area contributed by atoms with Crippen LogP contribution in [0.5, 0.6) is 0 Å². The van der Waals surface area contributed by atoms with Gasteiger partial charge in [-0.3, -0.25) is 4.79 Å². The Bertz CT molecular complexity index is 1370. The highest BCUT2D eigenvalue weighted by Gasteiger charge is 2.51. The van der Waals surface area contributed by atoms with Crippen molar-refractivity contribution in [3.8, 4) is 21.3 Å². The molecule has 11 heteroatoms. The van der Waals surface area contributed by atoms with Crippen molar-refractivity contribution in [2.24, 2.45) is 11.3 Å². The lowest BCUT2D eigenvalue weighted by atomic mass is 9.80. The first-order valence-corrected chi connectivity index (χ1v) is 13.7. The summed E-state index contributed by atoms with van der Waals surface area (Å²) in [5, 5.41) is 28.5. The summed E-state index contributed by atoms with van der Waals surface area (Å²) in [6, 6.07) is 4.66. The molecule has 0 aliphatic heterocycles. The molecule has 0 radical (unpaired) electrons. The van der Waals surface area contributed by atoms with E-state index in [2.05, 4.69) is 10.2 Å². The molecule has 1 aliphatic carbocycles. The van der Waals surface area contributed by atoms with Gasteiger partial charge in [-0.2, -0.15) is 13.2 Å². The zero-order valence-corrected chi connectivity index (χ0v) is 23.8. The van der Waals surface area contributed by atoms with E-state index in [1.165, 1.54) is 23.5 Å². The monoisotopic (exact) mass is 565 g/mol. The van der Waals surface area contributed by atoms with Crippen molar-refractivity contribution in [3.63, 3.8) is 0 Å². The van der Waals surface area contributed by atoms with Crippen molar-refractivity contribution in [1.82, 2.24) is 15.2 Å². The van der Waals surface area contributed by atoms with Crippen LogP contribution < -0.4 is 0 Å². The molecule has 7 nitrogen and oxygen atoms in total. The number of hydrogen-bond acceptors (Lipinski definition) is 7. The highest BCUT2D eigenvalue weighted by atomic mass is 32.1. The maximum absolute atomic E-state index is 13.9. The molecule has 39 heavy (non-hydrogen) atoms. The molecule has 212 valence electrons. The maximum Gasteiger partial charge on any atom is 0.421 e. The number of aromatic nitrogens is 3. The predicted octanol–water partition coefficient (Wildman–Crippen LogP) is 6.92. The summed E-state index contributed by atoms with van der Waals surface area (Å²) < 4.78 is 47.4. The molecule has 0 spiro atoms. The second kappa shape index (κ2) is 9.99. The van der Waals surface area contributed by atoms with Crippen molar-refractivity contribution < 1.29 is 32.6 Å². The maximum atomic E-state index is 13.9. The molecule has 0 amide bonds. The molecule has 1 saturated carbocycles.